The second kappa shape index (κ2) is 3.52. The van der Waals surface area contributed by atoms with E-state index < -0.39 is 0 Å². The van der Waals surface area contributed by atoms with Crippen molar-refractivity contribution in [2.45, 2.75) is 32.1 Å². The Balaban J connectivity index is 2.00. The monoisotopic (exact) mass is 180 g/mol. The highest BCUT2D eigenvalue weighted by Crippen LogP contribution is 2.45. The van der Waals surface area contributed by atoms with E-state index in [-0.39, 0.29) is 11.9 Å². The van der Waals surface area contributed by atoms with Gasteiger partial charge in [0.2, 0.25) is 0 Å². The molecule has 0 aliphatic heterocycles. The predicted octanol–water partition coefficient (Wildman–Crippen LogP) is 2.50. The van der Waals surface area contributed by atoms with Gasteiger partial charge in [0.1, 0.15) is 0 Å². The zero-order valence-corrected chi connectivity index (χ0v) is 7.87. The van der Waals surface area contributed by atoms with Crippen LogP contribution in [0.25, 0.3) is 0 Å². The first-order valence-electron chi connectivity index (χ1n) is 5.12. The van der Waals surface area contributed by atoms with Gasteiger partial charge in [0, 0.05) is 0 Å². The smallest absolute Gasteiger partial charge is 0.314 e. The molecule has 0 saturated heterocycles. The van der Waals surface area contributed by atoms with E-state index in [1.807, 2.05) is 0 Å². The van der Waals surface area contributed by atoms with E-state index >= 15 is 0 Å². The summed E-state index contributed by atoms with van der Waals surface area (Å²) in [6.45, 7) is 3.41. The number of fused-ring (bicyclic) bond motifs is 3. The molecule has 0 aromatic rings. The number of hydrogen-bond acceptors (Lipinski definition) is 2. The molecule has 72 valence electrons. The molecule has 2 bridgehead atoms. The van der Waals surface area contributed by atoms with Crippen LogP contribution in [0, 0.1) is 17.8 Å². The summed E-state index contributed by atoms with van der Waals surface area (Å²) in [7, 11) is 0. The van der Waals surface area contributed by atoms with E-state index in [1.165, 1.54) is 31.9 Å². The Kier molecular flexibility index (Phi) is 2.38. The molecule has 1 atom stereocenters. The normalized spacial score (nSPS) is 37.1. The predicted molar refractivity (Wildman–Crippen MR) is 49.8 cm³/mol. The van der Waals surface area contributed by atoms with Gasteiger partial charge in [0.15, 0.2) is 0 Å². The summed E-state index contributed by atoms with van der Waals surface area (Å²) < 4.78 is 4.86. The molecule has 13 heavy (non-hydrogen) atoms. The van der Waals surface area contributed by atoms with Crippen LogP contribution in [0.4, 0.5) is 0 Å². The molecule has 3 aliphatic rings. The number of rotatable bonds is 2. The fourth-order valence-corrected chi connectivity index (χ4v) is 2.84. The maximum Gasteiger partial charge on any atom is 0.314 e. The molecular weight excluding hydrogens is 164 g/mol. The van der Waals surface area contributed by atoms with Crippen molar-refractivity contribution < 1.29 is 9.53 Å². The molecule has 3 rings (SSSR count). The third kappa shape index (κ3) is 1.62. The minimum atomic E-state index is -0.0515. The Morgan fingerprint density at radius 3 is 2.46 bits per heavy atom. The van der Waals surface area contributed by atoms with Crippen molar-refractivity contribution in [1.82, 2.24) is 0 Å². The average Bonchev–Trinajstić information content (AvgIpc) is 2.20. The lowest BCUT2D eigenvalue weighted by Gasteiger charge is -2.40. The fraction of sp³-hybridized carbons (Fsp3) is 0.727. The third-order valence-corrected chi connectivity index (χ3v) is 3.55. The number of ether oxygens (including phenoxy) is 1. The van der Waals surface area contributed by atoms with Crippen molar-refractivity contribution in [3.63, 3.8) is 0 Å². The highest BCUT2D eigenvalue weighted by atomic mass is 16.5. The summed E-state index contributed by atoms with van der Waals surface area (Å²) in [4.78, 5) is 11.5. The van der Waals surface area contributed by atoms with Gasteiger partial charge in [-0.05, 0) is 31.1 Å². The van der Waals surface area contributed by atoms with E-state index in [9.17, 15) is 4.79 Å². The van der Waals surface area contributed by atoms with Crippen LogP contribution in [0.2, 0.25) is 0 Å². The average molecular weight is 180 g/mol. The van der Waals surface area contributed by atoms with Crippen molar-refractivity contribution in [3.05, 3.63) is 12.8 Å². The molecule has 2 nitrogen and oxygen atoms in total. The minimum Gasteiger partial charge on any atom is -0.435 e. The van der Waals surface area contributed by atoms with Gasteiger partial charge in [-0.15, -0.1) is 0 Å². The van der Waals surface area contributed by atoms with Crippen LogP contribution in [0.15, 0.2) is 12.8 Å². The van der Waals surface area contributed by atoms with Gasteiger partial charge in [-0.3, -0.25) is 4.79 Å². The molecule has 0 aromatic heterocycles. The lowest BCUT2D eigenvalue weighted by molar-refractivity contribution is -0.148. The van der Waals surface area contributed by atoms with Gasteiger partial charge in [0.05, 0.1) is 12.2 Å². The Bertz CT molecular complexity index is 214. The summed E-state index contributed by atoms with van der Waals surface area (Å²) in [5.74, 6) is 1.50. The van der Waals surface area contributed by atoms with Crippen molar-refractivity contribution >= 4 is 5.97 Å². The maximum atomic E-state index is 11.5. The maximum absolute atomic E-state index is 11.5. The number of hydrogen-bond donors (Lipinski definition) is 0. The van der Waals surface area contributed by atoms with Crippen LogP contribution in [-0.4, -0.2) is 5.97 Å². The van der Waals surface area contributed by atoms with Crippen LogP contribution in [0.3, 0.4) is 0 Å². The SMILES string of the molecule is C=COC(=O)C1CC2CCC1CC2. The van der Waals surface area contributed by atoms with E-state index in [4.69, 9.17) is 4.74 Å². The van der Waals surface area contributed by atoms with E-state index in [0.29, 0.717) is 5.92 Å². The first kappa shape index (κ1) is 8.79. The van der Waals surface area contributed by atoms with E-state index in [2.05, 4.69) is 6.58 Å². The zero-order chi connectivity index (χ0) is 9.26. The number of esters is 1. The summed E-state index contributed by atoms with van der Waals surface area (Å²) in [6.07, 6.45) is 7.40. The van der Waals surface area contributed by atoms with Crippen molar-refractivity contribution in [2.75, 3.05) is 0 Å². The van der Waals surface area contributed by atoms with Crippen LogP contribution < -0.4 is 0 Å². The lowest BCUT2D eigenvalue weighted by atomic mass is 9.65. The largest absolute Gasteiger partial charge is 0.435 e. The van der Waals surface area contributed by atoms with E-state index in [0.717, 1.165) is 12.3 Å². The molecule has 0 radical (unpaired) electrons. The molecule has 3 aliphatic carbocycles. The number of carbonyl (C=O) groups excluding carboxylic acids is 1. The first-order valence-corrected chi connectivity index (χ1v) is 5.12. The second-order valence-electron chi connectivity index (χ2n) is 4.23. The molecule has 0 aromatic carbocycles. The van der Waals surface area contributed by atoms with Crippen LogP contribution >= 0.6 is 0 Å². The quantitative estimate of drug-likeness (QED) is 0.482. The van der Waals surface area contributed by atoms with Crippen molar-refractivity contribution in [2.24, 2.45) is 17.8 Å². The topological polar surface area (TPSA) is 26.3 Å². The van der Waals surface area contributed by atoms with E-state index in [1.54, 1.807) is 0 Å². The summed E-state index contributed by atoms with van der Waals surface area (Å²) in [5, 5.41) is 0. The van der Waals surface area contributed by atoms with Crippen molar-refractivity contribution in [1.29, 1.82) is 0 Å². The molecule has 0 heterocycles. The molecule has 3 fully saturated rings. The number of carbonyl (C=O) groups is 1. The van der Waals surface area contributed by atoms with Crippen LogP contribution in [-0.2, 0) is 9.53 Å². The second-order valence-corrected chi connectivity index (χ2v) is 4.23. The standard InChI is InChI=1S/C11H16O2/c1-2-13-11(12)10-7-8-3-5-9(10)6-4-8/h2,8-10H,1,3-7H2. The van der Waals surface area contributed by atoms with Crippen LogP contribution in [0.1, 0.15) is 32.1 Å². The molecule has 0 spiro atoms. The fourth-order valence-electron chi connectivity index (χ4n) is 2.84. The highest BCUT2D eigenvalue weighted by Gasteiger charge is 2.39. The Labute approximate surface area is 79.0 Å². The highest BCUT2D eigenvalue weighted by molar-refractivity contribution is 5.73. The van der Waals surface area contributed by atoms with Crippen LogP contribution in [0.5, 0.6) is 0 Å². The van der Waals surface area contributed by atoms with Gasteiger partial charge >= 0.3 is 5.97 Å². The lowest BCUT2D eigenvalue weighted by Crippen LogP contribution is -2.36. The molecular formula is C11H16O2. The summed E-state index contributed by atoms with van der Waals surface area (Å²) in [5.41, 5.74) is 0. The third-order valence-electron chi connectivity index (χ3n) is 3.55. The molecule has 0 N–H and O–H groups in total. The summed E-state index contributed by atoms with van der Waals surface area (Å²) >= 11 is 0. The molecule has 0 amide bonds. The molecule has 1 unspecified atom stereocenters. The summed E-state index contributed by atoms with van der Waals surface area (Å²) in [6, 6.07) is 0. The first-order chi connectivity index (χ1) is 6.31. The Morgan fingerprint density at radius 1 is 1.31 bits per heavy atom. The van der Waals surface area contributed by atoms with Gasteiger partial charge in [-0.1, -0.05) is 19.4 Å². The zero-order valence-electron chi connectivity index (χ0n) is 7.87. The Morgan fingerprint density at radius 2 is 2.00 bits per heavy atom. The van der Waals surface area contributed by atoms with Gasteiger partial charge in [0.25, 0.3) is 0 Å². The van der Waals surface area contributed by atoms with Gasteiger partial charge < -0.3 is 4.74 Å². The van der Waals surface area contributed by atoms with Crippen molar-refractivity contribution in [3.8, 4) is 0 Å². The van der Waals surface area contributed by atoms with Gasteiger partial charge in [-0.2, -0.15) is 0 Å². The minimum absolute atomic E-state index is 0.0515. The molecule has 2 heteroatoms. The molecule has 3 saturated carbocycles. The van der Waals surface area contributed by atoms with Gasteiger partial charge in [-0.25, -0.2) is 0 Å². The Hall–Kier alpha value is -0.790.